The molecule has 2 amide bonds. The van der Waals surface area contributed by atoms with Crippen molar-refractivity contribution in [3.63, 3.8) is 0 Å². The van der Waals surface area contributed by atoms with Gasteiger partial charge in [-0.3, -0.25) is 9.59 Å². The Bertz CT molecular complexity index is 736. The number of hydrogen-bond donors (Lipinski definition) is 1. The van der Waals surface area contributed by atoms with E-state index < -0.39 is 6.04 Å². The van der Waals surface area contributed by atoms with Gasteiger partial charge < -0.3 is 34.2 Å². The molecule has 1 aromatic heterocycles. The average molecular weight is 444 g/mol. The van der Waals surface area contributed by atoms with Crippen LogP contribution in [-0.2, 0) is 16.1 Å². The van der Waals surface area contributed by atoms with Gasteiger partial charge in [0.05, 0.1) is 0 Å². The zero-order valence-electron chi connectivity index (χ0n) is 12.4. The molecule has 0 fully saturated rings. The van der Waals surface area contributed by atoms with Gasteiger partial charge in [0, 0.05) is 29.9 Å². The van der Waals surface area contributed by atoms with Crippen molar-refractivity contribution in [1.29, 1.82) is 0 Å². The van der Waals surface area contributed by atoms with E-state index in [1.54, 1.807) is 35.9 Å². The molecule has 0 radical (unpaired) electrons. The summed E-state index contributed by atoms with van der Waals surface area (Å²) in [5.41, 5.74) is 1.43. The predicted octanol–water partition coefficient (Wildman–Crippen LogP) is -1.22. The van der Waals surface area contributed by atoms with E-state index in [0.29, 0.717) is 10.7 Å². The van der Waals surface area contributed by atoms with E-state index in [4.69, 9.17) is 11.6 Å². The molecule has 1 atom stereocenters. The van der Waals surface area contributed by atoms with Crippen LogP contribution in [0.4, 0.5) is 5.69 Å². The Morgan fingerprint density at radius 1 is 1.26 bits per heavy atom. The number of likely N-dealkylation sites (N-methyl/N-ethyl adjacent to an activating group) is 1. The van der Waals surface area contributed by atoms with Crippen LogP contribution in [0.3, 0.4) is 0 Å². The van der Waals surface area contributed by atoms with Gasteiger partial charge in [-0.25, -0.2) is 0 Å². The number of nitrogens with one attached hydrogen (secondary N) is 1. The minimum atomic E-state index is -0.655. The van der Waals surface area contributed by atoms with E-state index in [1.165, 1.54) is 4.90 Å². The van der Waals surface area contributed by atoms with Gasteiger partial charge in [0.2, 0.25) is 12.2 Å². The van der Waals surface area contributed by atoms with E-state index >= 15 is 0 Å². The van der Waals surface area contributed by atoms with Crippen LogP contribution in [0.5, 0.6) is 0 Å². The van der Waals surface area contributed by atoms with Crippen LogP contribution < -0.4 is 33.9 Å². The number of nitrogens with zero attached hydrogens (tertiary/aromatic N) is 2. The number of carbonyl (C=O) groups excluding carboxylic acids is 2. The summed E-state index contributed by atoms with van der Waals surface area (Å²) in [5.74, 6) is -0.349. The molecule has 7 heteroatoms. The summed E-state index contributed by atoms with van der Waals surface area (Å²) < 4.78 is 1.80. The van der Waals surface area contributed by atoms with Gasteiger partial charge in [-0.15, -0.1) is 0 Å². The first-order valence-electron chi connectivity index (χ1n) is 6.87. The highest BCUT2D eigenvalue weighted by atomic mass is 127. The summed E-state index contributed by atoms with van der Waals surface area (Å²) in [6.07, 6.45) is 1.81. The first-order chi connectivity index (χ1) is 10.6. The number of rotatable bonds is 2. The Morgan fingerprint density at radius 2 is 1.96 bits per heavy atom. The van der Waals surface area contributed by atoms with Crippen LogP contribution in [0.25, 0.3) is 0 Å². The van der Waals surface area contributed by atoms with Gasteiger partial charge in [0.15, 0.2) is 12.2 Å². The molecule has 3 rings (SSSR count). The highest BCUT2D eigenvalue weighted by Crippen LogP contribution is 2.22. The van der Waals surface area contributed by atoms with Crippen molar-refractivity contribution < 1.29 is 38.1 Å². The van der Waals surface area contributed by atoms with Crippen LogP contribution in [0, 0.1) is 0 Å². The van der Waals surface area contributed by atoms with Crippen molar-refractivity contribution in [2.75, 3.05) is 12.4 Å². The van der Waals surface area contributed by atoms with Gasteiger partial charge >= 0.3 is 0 Å². The standard InChI is InChI=1S/C16H14ClN3O2.HI/c1-19-14(21)10-20-9-3-2-4-13(20)15(19)16(22)18-12-7-5-11(17)6-8-12;/h2-9,15H,10H2,1H3;1H. The second-order valence-electron chi connectivity index (χ2n) is 5.16. The van der Waals surface area contributed by atoms with Crippen LogP contribution in [-0.4, -0.2) is 23.8 Å². The lowest BCUT2D eigenvalue weighted by atomic mass is 10.1. The quantitative estimate of drug-likeness (QED) is 0.468. The largest absolute Gasteiger partial charge is 1.00 e. The molecule has 1 unspecified atom stereocenters. The lowest BCUT2D eigenvalue weighted by molar-refractivity contribution is -0.698. The lowest BCUT2D eigenvalue weighted by Gasteiger charge is -2.28. The van der Waals surface area contributed by atoms with Gasteiger partial charge in [0.1, 0.15) is 0 Å². The fourth-order valence-corrected chi connectivity index (χ4v) is 2.66. The molecule has 2 aromatic rings. The third-order valence-electron chi connectivity index (χ3n) is 3.70. The molecule has 1 aliphatic rings. The van der Waals surface area contributed by atoms with Crippen molar-refractivity contribution in [2.24, 2.45) is 0 Å². The van der Waals surface area contributed by atoms with Gasteiger partial charge in [-0.1, -0.05) is 17.7 Å². The van der Waals surface area contributed by atoms with E-state index in [2.05, 4.69) is 5.32 Å². The highest BCUT2D eigenvalue weighted by molar-refractivity contribution is 6.30. The van der Waals surface area contributed by atoms with Gasteiger partial charge in [0.25, 0.3) is 11.8 Å². The molecular weight excluding hydrogens is 429 g/mol. The summed E-state index contributed by atoms with van der Waals surface area (Å²) in [7, 11) is 1.64. The normalized spacial score (nSPS) is 16.3. The molecule has 1 aliphatic heterocycles. The van der Waals surface area contributed by atoms with E-state index in [9.17, 15) is 9.59 Å². The molecule has 0 aliphatic carbocycles. The molecule has 0 spiro atoms. The fourth-order valence-electron chi connectivity index (χ4n) is 2.54. The number of aromatic nitrogens is 1. The number of anilines is 1. The van der Waals surface area contributed by atoms with Gasteiger partial charge in [-0.2, -0.15) is 4.57 Å². The van der Waals surface area contributed by atoms with Crippen molar-refractivity contribution in [3.05, 3.63) is 59.4 Å². The van der Waals surface area contributed by atoms with Crippen molar-refractivity contribution in [1.82, 2.24) is 4.90 Å². The number of pyridine rings is 1. The summed E-state index contributed by atoms with van der Waals surface area (Å²) >= 11 is 5.84. The minimum Gasteiger partial charge on any atom is -1.00 e. The molecule has 2 heterocycles. The number of fused-ring (bicyclic) bond motifs is 1. The summed E-state index contributed by atoms with van der Waals surface area (Å²) in [6.45, 7) is 0.247. The van der Waals surface area contributed by atoms with Crippen LogP contribution >= 0.6 is 11.6 Å². The SMILES string of the molecule is CN1C(=O)C[n+]2ccccc2C1C(=O)Nc1ccc(Cl)cc1.[I-]. The molecule has 0 saturated heterocycles. The third-order valence-corrected chi connectivity index (χ3v) is 3.95. The smallest absolute Gasteiger partial charge is 0.289 e. The van der Waals surface area contributed by atoms with Crippen LogP contribution in [0.15, 0.2) is 48.7 Å². The number of amides is 2. The molecule has 1 aromatic carbocycles. The van der Waals surface area contributed by atoms with Crippen molar-refractivity contribution >= 4 is 29.1 Å². The van der Waals surface area contributed by atoms with Gasteiger partial charge in [-0.05, 0) is 24.3 Å². The molecule has 1 N–H and O–H groups in total. The molecule has 0 bridgehead atoms. The molecular formula is C16H15ClIN3O2. The maximum atomic E-state index is 12.6. The first-order valence-corrected chi connectivity index (χ1v) is 7.24. The second-order valence-corrected chi connectivity index (χ2v) is 5.59. The maximum absolute atomic E-state index is 12.6. The van der Waals surface area contributed by atoms with Crippen LogP contribution in [0.2, 0.25) is 5.02 Å². The predicted molar refractivity (Wildman–Crippen MR) is 82.2 cm³/mol. The number of hydrogen-bond acceptors (Lipinski definition) is 2. The Balaban J connectivity index is 0.00000192. The topological polar surface area (TPSA) is 53.3 Å². The summed E-state index contributed by atoms with van der Waals surface area (Å²) in [4.78, 5) is 26.2. The monoisotopic (exact) mass is 443 g/mol. The average Bonchev–Trinajstić information content (AvgIpc) is 2.50. The minimum absolute atomic E-state index is 0. The molecule has 0 saturated carbocycles. The third kappa shape index (κ3) is 3.64. The number of carbonyl (C=O) groups is 2. The first kappa shape index (κ1) is 17.7. The summed E-state index contributed by atoms with van der Waals surface area (Å²) in [6, 6.07) is 11.8. The fraction of sp³-hybridized carbons (Fsp3) is 0.188. The van der Waals surface area contributed by atoms with Crippen molar-refractivity contribution in [3.8, 4) is 0 Å². The van der Waals surface area contributed by atoms with E-state index in [0.717, 1.165) is 5.69 Å². The molecule has 120 valence electrons. The lowest BCUT2D eigenvalue weighted by Crippen LogP contribution is -3.00. The van der Waals surface area contributed by atoms with Crippen molar-refractivity contribution in [2.45, 2.75) is 12.6 Å². The molecule has 23 heavy (non-hydrogen) atoms. The Morgan fingerprint density at radius 3 is 2.65 bits per heavy atom. The number of halogens is 2. The number of benzene rings is 1. The Hall–Kier alpha value is -1.67. The molecule has 5 nitrogen and oxygen atoms in total. The van der Waals surface area contributed by atoms with E-state index in [-0.39, 0.29) is 42.3 Å². The maximum Gasteiger partial charge on any atom is 0.289 e. The Kier molecular flexibility index (Phi) is 5.59. The zero-order valence-corrected chi connectivity index (χ0v) is 15.3. The zero-order chi connectivity index (χ0) is 15.7. The second kappa shape index (κ2) is 7.27. The van der Waals surface area contributed by atoms with E-state index in [1.807, 2.05) is 24.4 Å². The van der Waals surface area contributed by atoms with Crippen LogP contribution in [0.1, 0.15) is 11.7 Å². The summed E-state index contributed by atoms with van der Waals surface area (Å²) in [5, 5.41) is 3.43. The Labute approximate surface area is 156 Å². The highest BCUT2D eigenvalue weighted by Gasteiger charge is 2.40.